The van der Waals surface area contributed by atoms with Crippen molar-refractivity contribution in [3.05, 3.63) is 29.8 Å². The maximum absolute atomic E-state index is 5.68. The monoisotopic (exact) mass is 230 g/mol. The van der Waals surface area contributed by atoms with Crippen molar-refractivity contribution in [2.45, 2.75) is 0 Å². The summed E-state index contributed by atoms with van der Waals surface area (Å²) in [6.45, 7) is 0. The Kier molecular flexibility index (Phi) is 1.94. The van der Waals surface area contributed by atoms with Crippen LogP contribution in [0.25, 0.3) is 21.5 Å². The summed E-state index contributed by atoms with van der Waals surface area (Å²) >= 11 is 1.69. The zero-order valence-electron chi connectivity index (χ0n) is 8.71. The lowest BCUT2D eigenvalue weighted by atomic mass is 10.2. The highest BCUT2D eigenvalue weighted by atomic mass is 32.1. The minimum Gasteiger partial charge on any atom is -0.384 e. The van der Waals surface area contributed by atoms with Gasteiger partial charge in [-0.25, -0.2) is 4.98 Å². The molecule has 5 heteroatoms. The Morgan fingerprint density at radius 3 is 3.06 bits per heavy atom. The number of nitrogen functional groups attached to an aromatic ring is 1. The van der Waals surface area contributed by atoms with Crippen molar-refractivity contribution < 1.29 is 0 Å². The van der Waals surface area contributed by atoms with Crippen LogP contribution < -0.4 is 5.73 Å². The number of fused-ring (bicyclic) bond motifs is 1. The Hall–Kier alpha value is -1.88. The molecule has 0 saturated heterocycles. The molecule has 0 aliphatic heterocycles. The minimum atomic E-state index is 0.521. The largest absolute Gasteiger partial charge is 0.384 e. The Bertz CT molecular complexity index is 653. The number of hydrogen-bond acceptors (Lipinski definition) is 4. The Morgan fingerprint density at radius 2 is 2.25 bits per heavy atom. The summed E-state index contributed by atoms with van der Waals surface area (Å²) in [6.07, 6.45) is 1.71. The number of rotatable bonds is 1. The van der Waals surface area contributed by atoms with Gasteiger partial charge in [0, 0.05) is 18.8 Å². The molecular weight excluding hydrogens is 220 g/mol. The average Bonchev–Trinajstić information content (AvgIpc) is 2.83. The maximum Gasteiger partial charge on any atom is 0.123 e. The van der Waals surface area contributed by atoms with Gasteiger partial charge in [-0.15, -0.1) is 11.3 Å². The summed E-state index contributed by atoms with van der Waals surface area (Å²) in [5.74, 6) is 0.521. The lowest BCUT2D eigenvalue weighted by Gasteiger charge is -1.97. The molecule has 0 amide bonds. The van der Waals surface area contributed by atoms with Crippen LogP contribution in [0.5, 0.6) is 0 Å². The van der Waals surface area contributed by atoms with E-state index in [4.69, 9.17) is 5.73 Å². The van der Waals surface area contributed by atoms with Crippen molar-refractivity contribution in [2.24, 2.45) is 7.05 Å². The lowest BCUT2D eigenvalue weighted by molar-refractivity contribution is 0.801. The molecule has 3 aromatic heterocycles. The molecule has 0 atom stereocenters. The van der Waals surface area contributed by atoms with Crippen LogP contribution in [0.2, 0.25) is 0 Å². The fourth-order valence-corrected chi connectivity index (χ4v) is 2.69. The molecule has 4 nitrogen and oxygen atoms in total. The van der Waals surface area contributed by atoms with Gasteiger partial charge in [0.25, 0.3) is 0 Å². The van der Waals surface area contributed by atoms with Crippen LogP contribution in [0.1, 0.15) is 0 Å². The van der Waals surface area contributed by atoms with Crippen LogP contribution in [0.3, 0.4) is 0 Å². The van der Waals surface area contributed by atoms with Crippen LogP contribution in [0.4, 0.5) is 5.82 Å². The molecule has 0 unspecified atom stereocenters. The molecule has 2 N–H and O–H groups in total. The van der Waals surface area contributed by atoms with Gasteiger partial charge in [-0.1, -0.05) is 0 Å². The standard InChI is InChI=1S/C11H10N4S/c1-15-8-3-5-16-11(8)10(14-15)7-2-4-13-9(12)6-7/h2-6H,1H3,(H2,12,13). The number of aryl methyl sites for hydroxylation is 1. The van der Waals surface area contributed by atoms with Gasteiger partial charge in [0.05, 0.1) is 10.2 Å². The first-order valence-corrected chi connectivity index (χ1v) is 5.76. The maximum atomic E-state index is 5.68. The quantitative estimate of drug-likeness (QED) is 0.697. The van der Waals surface area contributed by atoms with Gasteiger partial charge < -0.3 is 5.73 Å². The van der Waals surface area contributed by atoms with Crippen molar-refractivity contribution in [2.75, 3.05) is 5.73 Å². The third-order valence-corrected chi connectivity index (χ3v) is 3.42. The first-order valence-electron chi connectivity index (χ1n) is 4.88. The fourth-order valence-electron chi connectivity index (χ4n) is 1.77. The highest BCUT2D eigenvalue weighted by Crippen LogP contribution is 2.31. The number of nitrogens with zero attached hydrogens (tertiary/aromatic N) is 3. The van der Waals surface area contributed by atoms with Gasteiger partial charge >= 0.3 is 0 Å². The predicted molar refractivity (Wildman–Crippen MR) is 66.2 cm³/mol. The Balaban J connectivity index is 2.29. The number of aromatic nitrogens is 3. The molecule has 0 aliphatic rings. The zero-order valence-corrected chi connectivity index (χ0v) is 9.53. The van der Waals surface area contributed by atoms with Crippen molar-refractivity contribution in [1.29, 1.82) is 0 Å². The molecule has 3 heterocycles. The molecule has 16 heavy (non-hydrogen) atoms. The summed E-state index contributed by atoms with van der Waals surface area (Å²) in [4.78, 5) is 3.99. The molecular formula is C11H10N4S. The second kappa shape index (κ2) is 3.31. The number of thiophene rings is 1. The zero-order chi connectivity index (χ0) is 11.1. The number of nitrogens with two attached hydrogens (primary N) is 1. The van der Waals surface area contributed by atoms with Crippen LogP contribution in [0.15, 0.2) is 29.8 Å². The molecule has 80 valence electrons. The van der Waals surface area contributed by atoms with Crippen molar-refractivity contribution >= 4 is 27.4 Å². The van der Waals surface area contributed by atoms with E-state index in [1.807, 2.05) is 23.9 Å². The van der Waals surface area contributed by atoms with E-state index in [0.717, 1.165) is 16.8 Å². The number of hydrogen-bond donors (Lipinski definition) is 1. The summed E-state index contributed by atoms with van der Waals surface area (Å²) in [5.41, 5.74) is 8.82. The van der Waals surface area contributed by atoms with Crippen LogP contribution in [-0.4, -0.2) is 14.8 Å². The molecule has 0 saturated carbocycles. The highest BCUT2D eigenvalue weighted by Gasteiger charge is 2.11. The molecule has 0 fully saturated rings. The van der Waals surface area contributed by atoms with Gasteiger partial charge in [-0.3, -0.25) is 4.68 Å². The summed E-state index contributed by atoms with van der Waals surface area (Å²) in [5, 5.41) is 6.57. The smallest absolute Gasteiger partial charge is 0.123 e. The predicted octanol–water partition coefficient (Wildman–Crippen LogP) is 2.28. The van der Waals surface area contributed by atoms with Crippen LogP contribution in [-0.2, 0) is 7.05 Å². The van der Waals surface area contributed by atoms with Crippen LogP contribution >= 0.6 is 11.3 Å². The number of anilines is 1. The molecule has 3 rings (SSSR count). The van der Waals surface area contributed by atoms with Crippen molar-refractivity contribution in [3.8, 4) is 11.3 Å². The van der Waals surface area contributed by atoms with E-state index in [9.17, 15) is 0 Å². The van der Waals surface area contributed by atoms with E-state index in [2.05, 4.69) is 21.5 Å². The van der Waals surface area contributed by atoms with Crippen molar-refractivity contribution in [1.82, 2.24) is 14.8 Å². The van der Waals surface area contributed by atoms with Crippen molar-refractivity contribution in [3.63, 3.8) is 0 Å². The molecule has 3 aromatic rings. The SMILES string of the molecule is Cn1nc(-c2ccnc(N)c2)c2sccc21. The molecule has 0 radical (unpaired) electrons. The second-order valence-electron chi connectivity index (χ2n) is 3.58. The van der Waals surface area contributed by atoms with E-state index in [-0.39, 0.29) is 0 Å². The van der Waals surface area contributed by atoms with E-state index >= 15 is 0 Å². The molecule has 0 aromatic carbocycles. The Morgan fingerprint density at radius 1 is 1.38 bits per heavy atom. The van der Waals surface area contributed by atoms with Gasteiger partial charge in [-0.05, 0) is 23.6 Å². The molecule has 0 spiro atoms. The minimum absolute atomic E-state index is 0.521. The topological polar surface area (TPSA) is 56.7 Å². The Labute approximate surface area is 96.3 Å². The third kappa shape index (κ3) is 1.29. The fraction of sp³-hybridized carbons (Fsp3) is 0.0909. The first-order chi connectivity index (χ1) is 7.75. The number of pyridine rings is 1. The second-order valence-corrected chi connectivity index (χ2v) is 4.49. The summed E-state index contributed by atoms with van der Waals surface area (Å²) in [7, 11) is 1.95. The van der Waals surface area contributed by atoms with Gasteiger partial charge in [0.15, 0.2) is 0 Å². The summed E-state index contributed by atoms with van der Waals surface area (Å²) < 4.78 is 3.07. The van der Waals surface area contributed by atoms with Gasteiger partial charge in [0.1, 0.15) is 11.5 Å². The van der Waals surface area contributed by atoms with E-state index < -0.39 is 0 Å². The average molecular weight is 230 g/mol. The lowest BCUT2D eigenvalue weighted by Crippen LogP contribution is -1.92. The van der Waals surface area contributed by atoms with E-state index in [0.29, 0.717) is 5.82 Å². The van der Waals surface area contributed by atoms with Crippen LogP contribution in [0, 0.1) is 0 Å². The third-order valence-electron chi connectivity index (χ3n) is 2.51. The highest BCUT2D eigenvalue weighted by molar-refractivity contribution is 7.17. The normalized spacial score (nSPS) is 11.1. The van der Waals surface area contributed by atoms with Gasteiger partial charge in [0.2, 0.25) is 0 Å². The van der Waals surface area contributed by atoms with E-state index in [1.165, 1.54) is 4.70 Å². The first kappa shape index (κ1) is 9.35. The molecule has 0 aliphatic carbocycles. The van der Waals surface area contributed by atoms with E-state index in [1.54, 1.807) is 17.5 Å². The summed E-state index contributed by atoms with van der Waals surface area (Å²) in [6, 6.07) is 5.85. The molecule has 0 bridgehead atoms. The van der Waals surface area contributed by atoms with Gasteiger partial charge in [-0.2, -0.15) is 5.10 Å².